The summed E-state index contributed by atoms with van der Waals surface area (Å²) in [4.78, 5) is 11.6. The first-order chi connectivity index (χ1) is 8.59. The Hall–Kier alpha value is -1.60. The molecule has 0 amide bonds. The number of halogens is 1. The maximum atomic E-state index is 11.6. The molecule has 0 saturated heterocycles. The third kappa shape index (κ3) is 2.62. The van der Waals surface area contributed by atoms with Gasteiger partial charge in [-0.25, -0.2) is 4.68 Å². The van der Waals surface area contributed by atoms with Gasteiger partial charge in [-0.2, -0.15) is 5.10 Å². The summed E-state index contributed by atoms with van der Waals surface area (Å²) in [5, 5.41) is 16.6. The molecular weight excluding hydrogens is 302 g/mol. The number of aromatic nitrogens is 2. The molecule has 0 spiro atoms. The Kier molecular flexibility index (Phi) is 3.83. The van der Waals surface area contributed by atoms with Crippen LogP contribution >= 0.6 is 15.9 Å². The molecule has 6 nitrogen and oxygen atoms in total. The zero-order valence-electron chi connectivity index (χ0n) is 9.63. The van der Waals surface area contributed by atoms with E-state index >= 15 is 0 Å². The molecule has 0 bridgehead atoms. The molecule has 0 aromatic carbocycles. The van der Waals surface area contributed by atoms with E-state index in [9.17, 15) is 9.90 Å². The highest BCUT2D eigenvalue weighted by Crippen LogP contribution is 2.18. The Morgan fingerprint density at radius 3 is 3.11 bits per heavy atom. The Balaban J connectivity index is 2.07. The van der Waals surface area contributed by atoms with Crippen molar-refractivity contribution in [2.75, 3.05) is 11.9 Å². The van der Waals surface area contributed by atoms with E-state index in [1.165, 1.54) is 17.1 Å². The second-order valence-electron chi connectivity index (χ2n) is 3.71. The third-order valence-corrected chi connectivity index (χ3v) is 3.20. The van der Waals surface area contributed by atoms with Crippen molar-refractivity contribution in [1.82, 2.24) is 9.78 Å². The summed E-state index contributed by atoms with van der Waals surface area (Å²) in [5.41, 5.74) is 0.288. The normalized spacial score (nSPS) is 12.4. The van der Waals surface area contributed by atoms with Gasteiger partial charge in [0.15, 0.2) is 0 Å². The lowest BCUT2D eigenvalue weighted by molar-refractivity contribution is 0.162. The zero-order chi connectivity index (χ0) is 13.1. The molecule has 1 unspecified atom stereocenters. The minimum atomic E-state index is -0.782. The van der Waals surface area contributed by atoms with E-state index < -0.39 is 6.10 Å². The van der Waals surface area contributed by atoms with Gasteiger partial charge in [0.1, 0.15) is 16.3 Å². The van der Waals surface area contributed by atoms with Crippen LogP contribution in [0.4, 0.5) is 5.69 Å². The Morgan fingerprint density at radius 2 is 2.44 bits per heavy atom. The highest BCUT2D eigenvalue weighted by molar-refractivity contribution is 9.10. The summed E-state index contributed by atoms with van der Waals surface area (Å²) in [6.07, 6.45) is 2.23. The van der Waals surface area contributed by atoms with Gasteiger partial charge in [-0.05, 0) is 28.1 Å². The maximum absolute atomic E-state index is 11.6. The van der Waals surface area contributed by atoms with Crippen LogP contribution in [0.25, 0.3) is 0 Å². The highest BCUT2D eigenvalue weighted by Gasteiger charge is 2.12. The predicted octanol–water partition coefficient (Wildman–Crippen LogP) is 1.28. The number of rotatable bonds is 4. The first-order valence-electron chi connectivity index (χ1n) is 5.26. The van der Waals surface area contributed by atoms with Gasteiger partial charge >= 0.3 is 0 Å². The fourth-order valence-electron chi connectivity index (χ4n) is 1.42. The Bertz CT molecular complexity index is 580. The average molecular weight is 314 g/mol. The second kappa shape index (κ2) is 5.36. The number of nitrogens with zero attached hydrogens (tertiary/aromatic N) is 2. The van der Waals surface area contributed by atoms with Gasteiger partial charge in [-0.3, -0.25) is 4.79 Å². The van der Waals surface area contributed by atoms with Crippen LogP contribution in [0.15, 0.2) is 38.3 Å². The smallest absolute Gasteiger partial charge is 0.282 e. The zero-order valence-corrected chi connectivity index (χ0v) is 11.2. The topological polar surface area (TPSA) is 80.3 Å². The van der Waals surface area contributed by atoms with Crippen LogP contribution in [0, 0.1) is 0 Å². The lowest BCUT2D eigenvalue weighted by Gasteiger charge is -2.11. The van der Waals surface area contributed by atoms with E-state index in [0.29, 0.717) is 15.9 Å². The largest absolute Gasteiger partial charge is 0.467 e. The van der Waals surface area contributed by atoms with Crippen LogP contribution in [0.3, 0.4) is 0 Å². The molecular formula is C11H12BrN3O3. The Labute approximate surface area is 111 Å². The Morgan fingerprint density at radius 1 is 1.67 bits per heavy atom. The van der Waals surface area contributed by atoms with Crippen molar-refractivity contribution in [1.29, 1.82) is 0 Å². The SMILES string of the molecule is Cn1ncc(NCC(O)c2ccco2)c(Br)c1=O. The molecule has 18 heavy (non-hydrogen) atoms. The molecule has 2 aromatic heterocycles. The van der Waals surface area contributed by atoms with Crippen molar-refractivity contribution in [2.24, 2.45) is 7.05 Å². The lowest BCUT2D eigenvalue weighted by Crippen LogP contribution is -2.22. The molecule has 2 rings (SSSR count). The summed E-state index contributed by atoms with van der Waals surface area (Å²) >= 11 is 3.19. The molecule has 2 N–H and O–H groups in total. The van der Waals surface area contributed by atoms with Crippen molar-refractivity contribution >= 4 is 21.6 Å². The van der Waals surface area contributed by atoms with Crippen molar-refractivity contribution in [3.05, 3.63) is 45.2 Å². The van der Waals surface area contributed by atoms with E-state index in [2.05, 4.69) is 26.3 Å². The first-order valence-corrected chi connectivity index (χ1v) is 6.06. The van der Waals surface area contributed by atoms with Crippen molar-refractivity contribution in [3.63, 3.8) is 0 Å². The highest BCUT2D eigenvalue weighted by atomic mass is 79.9. The summed E-state index contributed by atoms with van der Waals surface area (Å²) in [7, 11) is 1.56. The second-order valence-corrected chi connectivity index (χ2v) is 4.51. The molecule has 0 aliphatic carbocycles. The molecule has 2 heterocycles. The van der Waals surface area contributed by atoms with E-state index in [1.807, 2.05) is 0 Å². The molecule has 0 aliphatic heterocycles. The number of hydrogen-bond acceptors (Lipinski definition) is 5. The van der Waals surface area contributed by atoms with Crippen molar-refractivity contribution in [2.45, 2.75) is 6.10 Å². The van der Waals surface area contributed by atoms with Gasteiger partial charge in [0.2, 0.25) is 0 Å². The number of aliphatic hydroxyl groups excluding tert-OH is 1. The fourth-order valence-corrected chi connectivity index (χ4v) is 1.92. The molecule has 0 aliphatic rings. The van der Waals surface area contributed by atoms with Gasteiger partial charge in [-0.1, -0.05) is 0 Å². The van der Waals surface area contributed by atoms with Crippen LogP contribution in [-0.4, -0.2) is 21.4 Å². The monoisotopic (exact) mass is 313 g/mol. The van der Waals surface area contributed by atoms with Gasteiger partial charge in [-0.15, -0.1) is 0 Å². The van der Waals surface area contributed by atoms with Crippen molar-refractivity contribution < 1.29 is 9.52 Å². The number of aliphatic hydroxyl groups is 1. The van der Waals surface area contributed by atoms with Crippen molar-refractivity contribution in [3.8, 4) is 0 Å². The van der Waals surface area contributed by atoms with E-state index in [1.54, 1.807) is 19.2 Å². The van der Waals surface area contributed by atoms with E-state index in [4.69, 9.17) is 4.42 Å². The van der Waals surface area contributed by atoms with Gasteiger partial charge in [0, 0.05) is 13.6 Å². The number of furan rings is 1. The standard InChI is InChI=1S/C11H12BrN3O3/c1-15-11(17)10(12)7(5-14-15)13-6-8(16)9-3-2-4-18-9/h2-5,8,13,16H,6H2,1H3. The molecule has 7 heteroatoms. The molecule has 96 valence electrons. The van der Waals surface area contributed by atoms with Crippen LogP contribution in [0.5, 0.6) is 0 Å². The molecule has 0 radical (unpaired) electrons. The summed E-state index contributed by atoms with van der Waals surface area (Å²) in [6.45, 7) is 0.223. The van der Waals surface area contributed by atoms with E-state index in [0.717, 1.165) is 0 Å². The number of aryl methyl sites for hydroxylation is 1. The third-order valence-electron chi connectivity index (χ3n) is 2.44. The minimum Gasteiger partial charge on any atom is -0.467 e. The quantitative estimate of drug-likeness (QED) is 0.889. The van der Waals surface area contributed by atoms with Crippen LogP contribution in [0.1, 0.15) is 11.9 Å². The van der Waals surface area contributed by atoms with Crippen LogP contribution in [-0.2, 0) is 7.05 Å². The lowest BCUT2D eigenvalue weighted by atomic mass is 10.2. The van der Waals surface area contributed by atoms with Gasteiger partial charge < -0.3 is 14.8 Å². The number of nitrogens with one attached hydrogen (secondary N) is 1. The average Bonchev–Trinajstić information content (AvgIpc) is 2.89. The molecule has 0 saturated carbocycles. The summed E-state index contributed by atoms with van der Waals surface area (Å²) in [6, 6.07) is 3.39. The van der Waals surface area contributed by atoms with Gasteiger partial charge in [0.25, 0.3) is 5.56 Å². The number of anilines is 1. The van der Waals surface area contributed by atoms with Gasteiger partial charge in [0.05, 0.1) is 18.1 Å². The molecule has 1 atom stereocenters. The summed E-state index contributed by atoms with van der Waals surface area (Å²) in [5.74, 6) is 0.468. The predicted molar refractivity (Wildman–Crippen MR) is 69.3 cm³/mol. The molecule has 2 aromatic rings. The van der Waals surface area contributed by atoms with E-state index in [-0.39, 0.29) is 12.1 Å². The maximum Gasteiger partial charge on any atom is 0.282 e. The first kappa shape index (κ1) is 12.8. The fraction of sp³-hybridized carbons (Fsp3) is 0.273. The summed E-state index contributed by atoms with van der Waals surface area (Å²) < 4.78 is 6.68. The number of hydrogen-bond donors (Lipinski definition) is 2. The molecule has 0 fully saturated rings. The minimum absolute atomic E-state index is 0.223. The van der Waals surface area contributed by atoms with Crippen LogP contribution in [0.2, 0.25) is 0 Å². The van der Waals surface area contributed by atoms with Crippen LogP contribution < -0.4 is 10.9 Å².